The maximum atomic E-state index is 12.6. The van der Waals surface area contributed by atoms with Gasteiger partial charge in [0.05, 0.1) is 0 Å². The Morgan fingerprint density at radius 2 is 2.14 bits per heavy atom. The van der Waals surface area contributed by atoms with E-state index >= 15 is 0 Å². The van der Waals surface area contributed by atoms with Crippen LogP contribution < -0.4 is 5.32 Å². The highest BCUT2D eigenvalue weighted by molar-refractivity contribution is 5.99. The first-order valence-corrected chi connectivity index (χ1v) is 6.78. The minimum absolute atomic E-state index is 0.0912. The molecule has 0 aliphatic rings. The number of nitrogens with one attached hydrogen (secondary N) is 1. The summed E-state index contributed by atoms with van der Waals surface area (Å²) < 4.78 is 4.64. The molecule has 0 atom stereocenters. The van der Waals surface area contributed by atoms with Crippen molar-refractivity contribution in [1.29, 1.82) is 0 Å². The summed E-state index contributed by atoms with van der Waals surface area (Å²) in [4.78, 5) is 26.0. The van der Waals surface area contributed by atoms with Crippen LogP contribution in [0.25, 0.3) is 0 Å². The quantitative estimate of drug-likeness (QED) is 0.830. The molecule has 0 fully saturated rings. The van der Waals surface area contributed by atoms with E-state index in [2.05, 4.69) is 21.6 Å². The van der Waals surface area contributed by atoms with Crippen molar-refractivity contribution in [3.05, 3.63) is 60.4 Å². The lowest BCUT2D eigenvalue weighted by Gasteiger charge is -2.21. The third kappa shape index (κ3) is 3.82. The molecule has 6 heteroatoms. The van der Waals surface area contributed by atoms with E-state index in [0.717, 1.165) is 5.56 Å². The summed E-state index contributed by atoms with van der Waals surface area (Å²) in [5.41, 5.74) is 1.43. The van der Waals surface area contributed by atoms with E-state index in [4.69, 9.17) is 0 Å². The number of benzene rings is 1. The molecule has 6 nitrogen and oxygen atoms in total. The minimum atomic E-state index is -0.349. The predicted molar refractivity (Wildman–Crippen MR) is 82.4 cm³/mol. The van der Waals surface area contributed by atoms with Crippen molar-refractivity contribution < 1.29 is 14.1 Å². The number of carbonyl (C=O) groups excluding carboxylic acids is 2. The van der Waals surface area contributed by atoms with Gasteiger partial charge < -0.3 is 14.7 Å². The molecule has 0 saturated carbocycles. The molecule has 0 radical (unpaired) electrons. The number of nitrogens with zero attached hydrogens (tertiary/aromatic N) is 2. The monoisotopic (exact) mass is 299 g/mol. The van der Waals surface area contributed by atoms with E-state index < -0.39 is 0 Å². The number of aromatic nitrogens is 1. The van der Waals surface area contributed by atoms with Crippen LogP contribution >= 0.6 is 0 Å². The topological polar surface area (TPSA) is 75.4 Å². The molecule has 114 valence electrons. The average molecular weight is 299 g/mol. The second-order valence-electron chi connectivity index (χ2n) is 4.72. The van der Waals surface area contributed by atoms with E-state index in [-0.39, 0.29) is 24.9 Å². The van der Waals surface area contributed by atoms with Crippen molar-refractivity contribution in [2.45, 2.75) is 6.92 Å². The maximum Gasteiger partial charge on any atom is 0.254 e. The molecule has 0 bridgehead atoms. The van der Waals surface area contributed by atoms with Gasteiger partial charge in [-0.05, 0) is 18.6 Å². The highest BCUT2D eigenvalue weighted by Crippen LogP contribution is 2.11. The first-order chi connectivity index (χ1) is 10.6. The first kappa shape index (κ1) is 15.5. The number of aryl methyl sites for hydroxylation is 1. The number of hydrogen-bond acceptors (Lipinski definition) is 4. The summed E-state index contributed by atoms with van der Waals surface area (Å²) in [5, 5.41) is 6.16. The number of anilines is 1. The molecule has 0 spiro atoms. The van der Waals surface area contributed by atoms with E-state index in [0.29, 0.717) is 11.4 Å². The summed E-state index contributed by atoms with van der Waals surface area (Å²) in [7, 11) is 0. The van der Waals surface area contributed by atoms with Gasteiger partial charge in [0.25, 0.3) is 5.91 Å². The third-order valence-corrected chi connectivity index (χ3v) is 3.05. The van der Waals surface area contributed by atoms with Crippen LogP contribution in [0, 0.1) is 6.92 Å². The molecular formula is C16H17N3O3. The van der Waals surface area contributed by atoms with E-state index in [9.17, 15) is 9.59 Å². The lowest BCUT2D eigenvalue weighted by molar-refractivity contribution is -0.116. The van der Waals surface area contributed by atoms with Crippen LogP contribution in [0.4, 0.5) is 5.82 Å². The zero-order valence-electron chi connectivity index (χ0n) is 12.3. The number of rotatable bonds is 6. The van der Waals surface area contributed by atoms with Gasteiger partial charge in [-0.25, -0.2) is 0 Å². The van der Waals surface area contributed by atoms with Gasteiger partial charge in [-0.1, -0.05) is 29.4 Å². The van der Waals surface area contributed by atoms with Crippen LogP contribution in [-0.4, -0.2) is 35.0 Å². The molecule has 2 aromatic rings. The molecular weight excluding hydrogens is 282 g/mol. The second kappa shape index (κ2) is 7.21. The van der Waals surface area contributed by atoms with Crippen molar-refractivity contribution in [3.63, 3.8) is 0 Å². The Balaban J connectivity index is 2.09. The fraction of sp³-hybridized carbons (Fsp3) is 0.188. The predicted octanol–water partition coefficient (Wildman–Crippen LogP) is 2.25. The SMILES string of the molecule is C=CCN(CC(=O)Nc1ccon1)C(=O)c1ccccc1C. The highest BCUT2D eigenvalue weighted by atomic mass is 16.5. The normalized spacial score (nSPS) is 10.0. The fourth-order valence-corrected chi connectivity index (χ4v) is 1.99. The van der Waals surface area contributed by atoms with Gasteiger partial charge >= 0.3 is 0 Å². The van der Waals surface area contributed by atoms with Gasteiger partial charge in [0.1, 0.15) is 12.8 Å². The Morgan fingerprint density at radius 1 is 1.36 bits per heavy atom. The summed E-state index contributed by atoms with van der Waals surface area (Å²) in [6.45, 7) is 5.67. The van der Waals surface area contributed by atoms with Crippen molar-refractivity contribution in [3.8, 4) is 0 Å². The van der Waals surface area contributed by atoms with Crippen molar-refractivity contribution in [2.75, 3.05) is 18.4 Å². The van der Waals surface area contributed by atoms with Crippen LogP contribution in [-0.2, 0) is 4.79 Å². The zero-order valence-corrected chi connectivity index (χ0v) is 12.3. The number of amides is 2. The Labute approximate surface area is 128 Å². The van der Waals surface area contributed by atoms with Crippen LogP contribution in [0.1, 0.15) is 15.9 Å². The average Bonchev–Trinajstić information content (AvgIpc) is 2.99. The lowest BCUT2D eigenvalue weighted by Crippen LogP contribution is -2.38. The van der Waals surface area contributed by atoms with Gasteiger partial charge in [0.15, 0.2) is 5.82 Å². The van der Waals surface area contributed by atoms with E-state index in [1.54, 1.807) is 18.2 Å². The Morgan fingerprint density at radius 3 is 2.77 bits per heavy atom. The molecule has 22 heavy (non-hydrogen) atoms. The van der Waals surface area contributed by atoms with Crippen LogP contribution in [0.5, 0.6) is 0 Å². The lowest BCUT2D eigenvalue weighted by atomic mass is 10.1. The van der Waals surface area contributed by atoms with Gasteiger partial charge in [-0.15, -0.1) is 6.58 Å². The number of hydrogen-bond donors (Lipinski definition) is 1. The second-order valence-corrected chi connectivity index (χ2v) is 4.72. The fourth-order valence-electron chi connectivity index (χ4n) is 1.99. The Bertz CT molecular complexity index is 665. The standard InChI is InChI=1S/C16H17N3O3/c1-3-9-19(11-15(20)17-14-8-10-22-18-14)16(21)13-7-5-4-6-12(13)2/h3-8,10H,1,9,11H2,2H3,(H,17,18,20). The van der Waals surface area contributed by atoms with Crippen molar-refractivity contribution in [1.82, 2.24) is 10.1 Å². The largest absolute Gasteiger partial charge is 0.363 e. The summed E-state index contributed by atoms with van der Waals surface area (Å²) in [5.74, 6) is -0.252. The van der Waals surface area contributed by atoms with E-state index in [1.165, 1.54) is 17.2 Å². The minimum Gasteiger partial charge on any atom is -0.363 e. The van der Waals surface area contributed by atoms with Crippen LogP contribution in [0.15, 0.2) is 53.8 Å². The van der Waals surface area contributed by atoms with Gasteiger partial charge in [-0.2, -0.15) is 0 Å². The molecule has 1 aromatic carbocycles. The maximum absolute atomic E-state index is 12.6. The van der Waals surface area contributed by atoms with E-state index in [1.807, 2.05) is 19.1 Å². The van der Waals surface area contributed by atoms with Gasteiger partial charge in [0.2, 0.25) is 5.91 Å². The molecule has 0 aliphatic carbocycles. The smallest absolute Gasteiger partial charge is 0.254 e. The van der Waals surface area contributed by atoms with Gasteiger partial charge in [0, 0.05) is 18.2 Å². The van der Waals surface area contributed by atoms with Crippen molar-refractivity contribution in [2.24, 2.45) is 0 Å². The summed E-state index contributed by atoms with van der Waals surface area (Å²) in [6, 6.07) is 8.78. The Kier molecular flexibility index (Phi) is 5.08. The molecule has 0 aliphatic heterocycles. The summed E-state index contributed by atoms with van der Waals surface area (Å²) >= 11 is 0. The first-order valence-electron chi connectivity index (χ1n) is 6.78. The van der Waals surface area contributed by atoms with Gasteiger partial charge in [-0.3, -0.25) is 9.59 Å². The molecule has 1 heterocycles. The van der Waals surface area contributed by atoms with Crippen LogP contribution in [0.3, 0.4) is 0 Å². The molecule has 0 unspecified atom stereocenters. The summed E-state index contributed by atoms with van der Waals surface area (Å²) in [6.07, 6.45) is 2.94. The molecule has 0 saturated heterocycles. The van der Waals surface area contributed by atoms with Crippen molar-refractivity contribution >= 4 is 17.6 Å². The number of carbonyl (C=O) groups is 2. The van der Waals surface area contributed by atoms with Crippen LogP contribution in [0.2, 0.25) is 0 Å². The Hall–Kier alpha value is -2.89. The molecule has 2 amide bonds. The highest BCUT2D eigenvalue weighted by Gasteiger charge is 2.19. The molecule has 1 N–H and O–H groups in total. The molecule has 2 rings (SSSR count). The third-order valence-electron chi connectivity index (χ3n) is 3.05. The molecule has 1 aromatic heterocycles. The zero-order chi connectivity index (χ0) is 15.9.